The topological polar surface area (TPSA) is 75.6 Å². The minimum atomic E-state index is -1.14. The fourth-order valence-corrected chi connectivity index (χ4v) is 1.55. The maximum absolute atomic E-state index is 11.6. The van der Waals surface area contributed by atoms with Crippen LogP contribution in [-0.2, 0) is 9.63 Å². The first-order valence-electron chi connectivity index (χ1n) is 5.29. The largest absolute Gasteiger partial charge is 0.479 e. The molecule has 18 heavy (non-hydrogen) atoms. The van der Waals surface area contributed by atoms with Gasteiger partial charge in [-0.15, -0.1) is 0 Å². The van der Waals surface area contributed by atoms with Crippen molar-refractivity contribution in [3.05, 3.63) is 48.0 Å². The summed E-state index contributed by atoms with van der Waals surface area (Å²) in [6.07, 6.45) is 0. The van der Waals surface area contributed by atoms with E-state index in [1.54, 1.807) is 12.1 Å². The maximum atomic E-state index is 11.6. The van der Waals surface area contributed by atoms with Crippen molar-refractivity contribution in [3.8, 4) is 0 Å². The molecule has 0 unspecified atom stereocenters. The van der Waals surface area contributed by atoms with Crippen LogP contribution in [0.25, 0.3) is 10.8 Å². The van der Waals surface area contributed by atoms with E-state index >= 15 is 0 Å². The van der Waals surface area contributed by atoms with E-state index in [0.717, 1.165) is 10.8 Å². The summed E-state index contributed by atoms with van der Waals surface area (Å²) in [5.74, 6) is -1.61. The number of carboxylic acid groups (broad SMARTS) is 1. The van der Waals surface area contributed by atoms with Gasteiger partial charge in [-0.05, 0) is 22.9 Å². The first kappa shape index (κ1) is 12.1. The van der Waals surface area contributed by atoms with Crippen molar-refractivity contribution in [2.45, 2.75) is 0 Å². The zero-order chi connectivity index (χ0) is 13.0. The number of carboxylic acids is 1. The fraction of sp³-hybridized carbons (Fsp3) is 0.0769. The molecule has 2 N–H and O–H groups in total. The molecule has 0 spiro atoms. The smallest absolute Gasteiger partial charge is 0.332 e. The van der Waals surface area contributed by atoms with E-state index in [0.29, 0.717) is 5.56 Å². The predicted molar refractivity (Wildman–Crippen MR) is 65.0 cm³/mol. The van der Waals surface area contributed by atoms with E-state index in [1.165, 1.54) is 0 Å². The Morgan fingerprint density at radius 3 is 2.56 bits per heavy atom. The lowest BCUT2D eigenvalue weighted by Gasteiger charge is -2.05. The van der Waals surface area contributed by atoms with Gasteiger partial charge in [-0.1, -0.05) is 30.3 Å². The average Bonchev–Trinajstić information content (AvgIpc) is 2.37. The number of fused-ring (bicyclic) bond motifs is 1. The highest BCUT2D eigenvalue weighted by Crippen LogP contribution is 2.15. The normalized spacial score (nSPS) is 10.2. The van der Waals surface area contributed by atoms with Crippen molar-refractivity contribution in [2.24, 2.45) is 0 Å². The highest BCUT2D eigenvalue weighted by molar-refractivity contribution is 5.98. The molecule has 92 valence electrons. The third-order valence-corrected chi connectivity index (χ3v) is 2.37. The SMILES string of the molecule is O=C(O)CONC(=O)c1ccc2ccccc2c1. The monoisotopic (exact) mass is 245 g/mol. The van der Waals surface area contributed by atoms with Crippen LogP contribution >= 0.6 is 0 Å². The number of rotatable bonds is 4. The highest BCUT2D eigenvalue weighted by Gasteiger charge is 2.07. The molecule has 0 aliphatic carbocycles. The summed E-state index contributed by atoms with van der Waals surface area (Å²) in [4.78, 5) is 26.4. The molecule has 0 saturated heterocycles. The molecule has 0 aliphatic rings. The van der Waals surface area contributed by atoms with E-state index < -0.39 is 18.5 Å². The number of benzene rings is 2. The molecule has 0 aliphatic heterocycles. The second kappa shape index (κ2) is 5.29. The molecule has 0 radical (unpaired) electrons. The Balaban J connectivity index is 2.10. The Bertz CT molecular complexity index is 594. The van der Waals surface area contributed by atoms with Crippen LogP contribution in [0.1, 0.15) is 10.4 Å². The molecular formula is C13H11NO4. The lowest BCUT2D eigenvalue weighted by Crippen LogP contribution is -2.26. The van der Waals surface area contributed by atoms with Crippen LogP contribution in [0.3, 0.4) is 0 Å². The molecule has 0 aromatic heterocycles. The van der Waals surface area contributed by atoms with Crippen LogP contribution in [0.4, 0.5) is 0 Å². The third kappa shape index (κ3) is 2.83. The van der Waals surface area contributed by atoms with E-state index in [9.17, 15) is 9.59 Å². The molecule has 1 amide bonds. The van der Waals surface area contributed by atoms with E-state index in [1.807, 2.05) is 30.3 Å². The Morgan fingerprint density at radius 2 is 1.83 bits per heavy atom. The van der Waals surface area contributed by atoms with Crippen LogP contribution < -0.4 is 5.48 Å². The minimum Gasteiger partial charge on any atom is -0.479 e. The van der Waals surface area contributed by atoms with Gasteiger partial charge in [0.05, 0.1) is 0 Å². The quantitative estimate of drug-likeness (QED) is 0.802. The number of amides is 1. The molecule has 2 aromatic rings. The van der Waals surface area contributed by atoms with Gasteiger partial charge in [-0.25, -0.2) is 10.3 Å². The minimum absolute atomic E-state index is 0.416. The number of hydroxylamine groups is 1. The van der Waals surface area contributed by atoms with Gasteiger partial charge in [0.15, 0.2) is 6.61 Å². The predicted octanol–water partition coefficient (Wildman–Crippen LogP) is 1.59. The van der Waals surface area contributed by atoms with Gasteiger partial charge < -0.3 is 5.11 Å². The summed E-state index contributed by atoms with van der Waals surface area (Å²) < 4.78 is 0. The number of hydrogen-bond donors (Lipinski definition) is 2. The first-order chi connectivity index (χ1) is 8.66. The molecule has 0 heterocycles. The maximum Gasteiger partial charge on any atom is 0.332 e. The zero-order valence-corrected chi connectivity index (χ0v) is 9.42. The van der Waals surface area contributed by atoms with E-state index in [-0.39, 0.29) is 0 Å². The fourth-order valence-electron chi connectivity index (χ4n) is 1.55. The summed E-state index contributed by atoms with van der Waals surface area (Å²) >= 11 is 0. The Kier molecular flexibility index (Phi) is 3.54. The third-order valence-electron chi connectivity index (χ3n) is 2.37. The average molecular weight is 245 g/mol. The molecular weight excluding hydrogens is 234 g/mol. The Labute approximate surface area is 103 Å². The van der Waals surface area contributed by atoms with Crippen LogP contribution in [0.2, 0.25) is 0 Å². The number of nitrogens with one attached hydrogen (secondary N) is 1. The molecule has 5 nitrogen and oxygen atoms in total. The van der Waals surface area contributed by atoms with Crippen LogP contribution in [0.15, 0.2) is 42.5 Å². The van der Waals surface area contributed by atoms with Gasteiger partial charge in [-0.3, -0.25) is 9.63 Å². The molecule has 0 bridgehead atoms. The second-order valence-electron chi connectivity index (χ2n) is 3.68. The highest BCUT2D eigenvalue weighted by atomic mass is 16.7. The molecule has 0 atom stereocenters. The van der Waals surface area contributed by atoms with Crippen LogP contribution in [-0.4, -0.2) is 23.6 Å². The first-order valence-corrected chi connectivity index (χ1v) is 5.29. The molecule has 5 heteroatoms. The Hall–Kier alpha value is -2.40. The summed E-state index contributed by atoms with van der Waals surface area (Å²) in [5, 5.41) is 10.3. The van der Waals surface area contributed by atoms with Gasteiger partial charge in [0.1, 0.15) is 0 Å². The second-order valence-corrected chi connectivity index (χ2v) is 3.68. The van der Waals surface area contributed by atoms with Crippen molar-refractivity contribution in [1.82, 2.24) is 5.48 Å². The van der Waals surface area contributed by atoms with Crippen molar-refractivity contribution >= 4 is 22.6 Å². The molecule has 0 fully saturated rings. The summed E-state index contributed by atoms with van der Waals surface area (Å²) in [7, 11) is 0. The summed E-state index contributed by atoms with van der Waals surface area (Å²) in [6, 6.07) is 12.8. The van der Waals surface area contributed by atoms with Crippen molar-refractivity contribution in [3.63, 3.8) is 0 Å². The van der Waals surface area contributed by atoms with Gasteiger partial charge in [0, 0.05) is 5.56 Å². The van der Waals surface area contributed by atoms with Crippen LogP contribution in [0, 0.1) is 0 Å². The lowest BCUT2D eigenvalue weighted by molar-refractivity contribution is -0.144. The number of carbonyl (C=O) groups excluding carboxylic acids is 1. The van der Waals surface area contributed by atoms with Crippen LogP contribution in [0.5, 0.6) is 0 Å². The number of hydrogen-bond acceptors (Lipinski definition) is 3. The van der Waals surface area contributed by atoms with Gasteiger partial charge in [-0.2, -0.15) is 0 Å². The van der Waals surface area contributed by atoms with E-state index in [2.05, 4.69) is 10.3 Å². The van der Waals surface area contributed by atoms with Crippen molar-refractivity contribution in [1.29, 1.82) is 0 Å². The van der Waals surface area contributed by atoms with Gasteiger partial charge >= 0.3 is 5.97 Å². The number of aliphatic carboxylic acids is 1. The molecule has 0 saturated carbocycles. The molecule has 2 rings (SSSR count). The zero-order valence-electron chi connectivity index (χ0n) is 9.42. The van der Waals surface area contributed by atoms with Gasteiger partial charge in [0.25, 0.3) is 5.91 Å². The Morgan fingerprint density at radius 1 is 1.11 bits per heavy atom. The van der Waals surface area contributed by atoms with Crippen molar-refractivity contribution in [2.75, 3.05) is 6.61 Å². The van der Waals surface area contributed by atoms with Gasteiger partial charge in [0.2, 0.25) is 0 Å². The van der Waals surface area contributed by atoms with E-state index in [4.69, 9.17) is 5.11 Å². The molecule has 2 aromatic carbocycles. The standard InChI is InChI=1S/C13H11NO4/c15-12(16)8-18-14-13(17)11-6-5-9-3-1-2-4-10(9)7-11/h1-7H,8H2,(H,14,17)(H,15,16). The lowest BCUT2D eigenvalue weighted by atomic mass is 10.1. The summed E-state index contributed by atoms with van der Waals surface area (Å²) in [5.41, 5.74) is 2.49. The summed E-state index contributed by atoms with van der Waals surface area (Å²) in [6.45, 7) is -0.570. The number of carbonyl (C=O) groups is 2. The van der Waals surface area contributed by atoms with Crippen molar-refractivity contribution < 1.29 is 19.5 Å².